The van der Waals surface area contributed by atoms with Crippen molar-refractivity contribution < 1.29 is 28.2 Å². The SMILES string of the molecule is CCOC(=O)C(F)(F)Oc1cccc(CO)c1. The summed E-state index contributed by atoms with van der Waals surface area (Å²) in [5, 5.41) is 8.82. The summed E-state index contributed by atoms with van der Waals surface area (Å²) in [5.74, 6) is -1.95. The Morgan fingerprint density at radius 2 is 2.18 bits per heavy atom. The lowest BCUT2D eigenvalue weighted by Crippen LogP contribution is -2.36. The number of halogens is 2. The van der Waals surface area contributed by atoms with E-state index in [-0.39, 0.29) is 19.0 Å². The van der Waals surface area contributed by atoms with Crippen LogP contribution in [0.2, 0.25) is 0 Å². The number of rotatable bonds is 5. The fourth-order valence-corrected chi connectivity index (χ4v) is 1.11. The first-order valence-corrected chi connectivity index (χ1v) is 4.93. The molecule has 0 saturated heterocycles. The number of aliphatic hydroxyl groups excluding tert-OH is 1. The molecule has 0 aliphatic heterocycles. The van der Waals surface area contributed by atoms with E-state index >= 15 is 0 Å². The molecule has 4 nitrogen and oxygen atoms in total. The lowest BCUT2D eigenvalue weighted by atomic mass is 10.2. The number of ether oxygens (including phenoxy) is 2. The number of alkyl halides is 2. The molecule has 1 N–H and O–H groups in total. The highest BCUT2D eigenvalue weighted by Crippen LogP contribution is 2.23. The van der Waals surface area contributed by atoms with Crippen molar-refractivity contribution in [3.8, 4) is 5.75 Å². The molecule has 0 aliphatic carbocycles. The smallest absolute Gasteiger partial charge is 0.459 e. The first-order valence-electron chi connectivity index (χ1n) is 4.93. The van der Waals surface area contributed by atoms with E-state index < -0.39 is 12.1 Å². The van der Waals surface area contributed by atoms with E-state index in [1.165, 1.54) is 31.2 Å². The predicted octanol–water partition coefficient (Wildman–Crippen LogP) is 1.71. The molecular formula is C11H12F2O4. The number of benzene rings is 1. The topological polar surface area (TPSA) is 55.8 Å². The van der Waals surface area contributed by atoms with E-state index in [2.05, 4.69) is 9.47 Å². The largest absolute Gasteiger partial charge is 0.502 e. The van der Waals surface area contributed by atoms with Crippen LogP contribution < -0.4 is 4.74 Å². The van der Waals surface area contributed by atoms with Gasteiger partial charge in [0.25, 0.3) is 0 Å². The molecule has 0 atom stereocenters. The molecule has 0 amide bonds. The van der Waals surface area contributed by atoms with Gasteiger partial charge in [-0.3, -0.25) is 0 Å². The molecule has 0 aliphatic rings. The van der Waals surface area contributed by atoms with E-state index in [1.54, 1.807) is 0 Å². The van der Waals surface area contributed by atoms with Crippen molar-refractivity contribution >= 4 is 5.97 Å². The molecule has 0 fully saturated rings. The molecule has 0 unspecified atom stereocenters. The number of hydrogen-bond donors (Lipinski definition) is 1. The maximum Gasteiger partial charge on any atom is 0.502 e. The van der Waals surface area contributed by atoms with Crippen LogP contribution in [0.1, 0.15) is 12.5 Å². The van der Waals surface area contributed by atoms with Gasteiger partial charge in [0.05, 0.1) is 13.2 Å². The molecular weight excluding hydrogens is 234 g/mol. The summed E-state index contributed by atoms with van der Waals surface area (Å²) in [6.07, 6.45) is -4.04. The monoisotopic (exact) mass is 246 g/mol. The summed E-state index contributed by atoms with van der Waals surface area (Å²) in [7, 11) is 0. The molecule has 0 saturated carbocycles. The average Bonchev–Trinajstić information content (AvgIpc) is 2.29. The molecule has 1 aromatic carbocycles. The maximum atomic E-state index is 13.2. The minimum absolute atomic E-state index is 0.158. The van der Waals surface area contributed by atoms with Gasteiger partial charge >= 0.3 is 12.1 Å². The molecule has 0 bridgehead atoms. The third-order valence-corrected chi connectivity index (χ3v) is 1.84. The summed E-state index contributed by atoms with van der Waals surface area (Å²) in [6.45, 7) is 0.955. The van der Waals surface area contributed by atoms with Crippen LogP contribution in [0.4, 0.5) is 8.78 Å². The normalized spacial score (nSPS) is 11.1. The first-order chi connectivity index (χ1) is 7.99. The lowest BCUT2D eigenvalue weighted by molar-refractivity contribution is -0.216. The molecule has 0 spiro atoms. The van der Waals surface area contributed by atoms with Gasteiger partial charge in [0.15, 0.2) is 0 Å². The summed E-state index contributed by atoms with van der Waals surface area (Å²) in [4.78, 5) is 10.9. The second-order valence-corrected chi connectivity index (χ2v) is 3.14. The van der Waals surface area contributed by atoms with Crippen molar-refractivity contribution in [2.24, 2.45) is 0 Å². The van der Waals surface area contributed by atoms with Crippen LogP contribution in [0, 0.1) is 0 Å². The summed E-state index contributed by atoms with van der Waals surface area (Å²) in [6, 6.07) is 5.44. The highest BCUT2D eigenvalue weighted by atomic mass is 19.3. The van der Waals surface area contributed by atoms with Gasteiger partial charge in [-0.2, -0.15) is 8.78 Å². The van der Waals surface area contributed by atoms with E-state index in [0.29, 0.717) is 5.56 Å². The quantitative estimate of drug-likeness (QED) is 0.803. The van der Waals surface area contributed by atoms with Gasteiger partial charge in [-0.25, -0.2) is 4.79 Å². The van der Waals surface area contributed by atoms with Gasteiger partial charge in [0.1, 0.15) is 5.75 Å². The van der Waals surface area contributed by atoms with Crippen LogP contribution >= 0.6 is 0 Å². The van der Waals surface area contributed by atoms with E-state index in [1.807, 2.05) is 0 Å². The fraction of sp³-hybridized carbons (Fsp3) is 0.364. The van der Waals surface area contributed by atoms with Crippen molar-refractivity contribution in [3.63, 3.8) is 0 Å². The van der Waals surface area contributed by atoms with E-state index in [0.717, 1.165) is 0 Å². The number of hydrogen-bond acceptors (Lipinski definition) is 4. The zero-order valence-electron chi connectivity index (χ0n) is 9.15. The van der Waals surface area contributed by atoms with Crippen molar-refractivity contribution in [1.82, 2.24) is 0 Å². The zero-order chi connectivity index (χ0) is 12.9. The van der Waals surface area contributed by atoms with Gasteiger partial charge in [-0.05, 0) is 24.6 Å². The number of esters is 1. The van der Waals surface area contributed by atoms with Gasteiger partial charge < -0.3 is 14.6 Å². The number of carbonyl (C=O) groups is 1. The standard InChI is InChI=1S/C11H12F2O4/c1-2-16-10(15)11(12,13)17-9-5-3-4-8(6-9)7-14/h3-6,14H,2,7H2,1H3. The molecule has 1 rings (SSSR count). The molecule has 6 heteroatoms. The predicted molar refractivity (Wildman–Crippen MR) is 54.6 cm³/mol. The van der Waals surface area contributed by atoms with Crippen molar-refractivity contribution in [2.75, 3.05) is 6.61 Å². The van der Waals surface area contributed by atoms with Crippen LogP contribution in [0.25, 0.3) is 0 Å². The van der Waals surface area contributed by atoms with Crippen molar-refractivity contribution in [3.05, 3.63) is 29.8 Å². The van der Waals surface area contributed by atoms with Crippen molar-refractivity contribution in [1.29, 1.82) is 0 Å². The second kappa shape index (κ2) is 5.58. The zero-order valence-corrected chi connectivity index (χ0v) is 9.15. The molecule has 0 aromatic heterocycles. The van der Waals surface area contributed by atoms with Crippen molar-refractivity contribution in [2.45, 2.75) is 19.6 Å². The number of aliphatic hydroxyl groups is 1. The number of carbonyl (C=O) groups excluding carboxylic acids is 1. The van der Waals surface area contributed by atoms with Crippen LogP contribution in [0.5, 0.6) is 5.75 Å². The lowest BCUT2D eigenvalue weighted by Gasteiger charge is -2.16. The van der Waals surface area contributed by atoms with Crippen LogP contribution in [-0.2, 0) is 16.1 Å². The Kier molecular flexibility index (Phi) is 4.39. The molecule has 1 aromatic rings. The van der Waals surface area contributed by atoms with E-state index in [9.17, 15) is 13.6 Å². The summed E-state index contributed by atoms with van der Waals surface area (Å²) >= 11 is 0. The van der Waals surface area contributed by atoms with Crippen LogP contribution in [-0.4, -0.2) is 23.8 Å². The molecule has 94 valence electrons. The Morgan fingerprint density at radius 1 is 1.47 bits per heavy atom. The Morgan fingerprint density at radius 3 is 2.76 bits per heavy atom. The third kappa shape index (κ3) is 3.67. The summed E-state index contributed by atoms with van der Waals surface area (Å²) in [5.41, 5.74) is 0.405. The Balaban J connectivity index is 2.78. The second-order valence-electron chi connectivity index (χ2n) is 3.14. The fourth-order valence-electron chi connectivity index (χ4n) is 1.11. The van der Waals surface area contributed by atoms with Gasteiger partial charge in [0.2, 0.25) is 0 Å². The molecule has 0 radical (unpaired) electrons. The minimum Gasteiger partial charge on any atom is -0.459 e. The highest BCUT2D eigenvalue weighted by molar-refractivity contribution is 5.76. The average molecular weight is 246 g/mol. The first kappa shape index (κ1) is 13.4. The van der Waals surface area contributed by atoms with Crippen LogP contribution in [0.15, 0.2) is 24.3 Å². The molecule has 0 heterocycles. The maximum absolute atomic E-state index is 13.2. The van der Waals surface area contributed by atoms with Gasteiger partial charge in [-0.1, -0.05) is 12.1 Å². The third-order valence-electron chi connectivity index (χ3n) is 1.84. The van der Waals surface area contributed by atoms with Gasteiger partial charge in [0, 0.05) is 0 Å². The summed E-state index contributed by atoms with van der Waals surface area (Å²) < 4.78 is 34.7. The van der Waals surface area contributed by atoms with Crippen LogP contribution in [0.3, 0.4) is 0 Å². The van der Waals surface area contributed by atoms with Gasteiger partial charge in [-0.15, -0.1) is 0 Å². The minimum atomic E-state index is -4.04. The Labute approximate surface area is 96.8 Å². The van der Waals surface area contributed by atoms with E-state index in [4.69, 9.17) is 5.11 Å². The Bertz CT molecular complexity index is 393. The highest BCUT2D eigenvalue weighted by Gasteiger charge is 2.44. The Hall–Kier alpha value is -1.69. The molecule has 17 heavy (non-hydrogen) atoms.